The van der Waals surface area contributed by atoms with Crippen LogP contribution >= 0.6 is 0 Å². The number of pyridine rings is 1. The molecule has 0 amide bonds. The third-order valence-corrected chi connectivity index (χ3v) is 7.67. The van der Waals surface area contributed by atoms with E-state index in [-0.39, 0.29) is 76.0 Å². The first-order chi connectivity index (χ1) is 18.7. The molecule has 1 aliphatic rings. The number of carbonyl (C=O) groups excluding carboxylic acids is 2. The van der Waals surface area contributed by atoms with Crippen LogP contribution in [0.2, 0.25) is 0 Å². The van der Waals surface area contributed by atoms with E-state index in [1.54, 1.807) is 73.8 Å². The summed E-state index contributed by atoms with van der Waals surface area (Å²) in [4.78, 5) is 40.9. The Balaban J connectivity index is 0.00000194. The van der Waals surface area contributed by atoms with Crippen LogP contribution in [0.1, 0.15) is 31.8 Å². The summed E-state index contributed by atoms with van der Waals surface area (Å²) in [6, 6.07) is 24.9. The molecule has 0 fully saturated rings. The number of rotatable bonds is 5. The van der Waals surface area contributed by atoms with Gasteiger partial charge in [-0.15, -0.1) is 6.07 Å². The van der Waals surface area contributed by atoms with Crippen molar-refractivity contribution in [1.29, 1.82) is 0 Å². The molecule has 0 aliphatic heterocycles. The number of benzene rings is 4. The topological polar surface area (TPSA) is 125 Å². The maximum atomic E-state index is 13.9. The number of anilines is 2. The molecule has 1 heterocycles. The zero-order valence-corrected chi connectivity index (χ0v) is 27.2. The predicted octanol–water partition coefficient (Wildman–Crippen LogP) is -1.56. The Labute approximate surface area is 279 Å². The van der Waals surface area contributed by atoms with Crippen molar-refractivity contribution in [3.8, 4) is 11.1 Å². The van der Waals surface area contributed by atoms with Crippen molar-refractivity contribution in [2.75, 3.05) is 5.32 Å². The van der Waals surface area contributed by atoms with Crippen molar-refractivity contribution >= 4 is 44.0 Å². The van der Waals surface area contributed by atoms with E-state index in [2.05, 4.69) is 11.4 Å². The molecule has 0 saturated heterocycles. The van der Waals surface area contributed by atoms with Gasteiger partial charge in [0.2, 0.25) is 0 Å². The summed E-state index contributed by atoms with van der Waals surface area (Å²) in [5.41, 5.74) is 2.46. The van der Waals surface area contributed by atoms with Crippen LogP contribution in [0.4, 0.5) is 11.4 Å². The van der Waals surface area contributed by atoms with Gasteiger partial charge in [0.15, 0.2) is 11.6 Å². The zero-order chi connectivity index (χ0) is 27.5. The number of nitrogens with zero attached hydrogens (tertiary/aromatic N) is 1. The molecule has 5 aromatic rings. The Morgan fingerprint density at radius 3 is 2.15 bits per heavy atom. The Hall–Kier alpha value is -2.86. The fourth-order valence-electron chi connectivity index (χ4n) is 5.01. The van der Waals surface area contributed by atoms with E-state index in [0.29, 0.717) is 44.5 Å². The summed E-state index contributed by atoms with van der Waals surface area (Å²) < 4.78 is 35.3. The van der Waals surface area contributed by atoms with Crippen LogP contribution in [0.15, 0.2) is 94.6 Å². The van der Waals surface area contributed by atoms with Crippen LogP contribution < -0.4 is 70.0 Å². The monoisotopic (exact) mass is 580 g/mol. The number of carbonyl (C=O) groups is 2. The first-order valence-electron chi connectivity index (χ1n) is 11.8. The van der Waals surface area contributed by atoms with E-state index >= 15 is 0 Å². The molecule has 11 heteroatoms. The Morgan fingerprint density at radius 2 is 1.51 bits per heavy atom. The first kappa shape index (κ1) is 31.1. The van der Waals surface area contributed by atoms with Gasteiger partial charge >= 0.3 is 59.1 Å². The van der Waals surface area contributed by atoms with Crippen LogP contribution in [0.25, 0.3) is 22.0 Å². The van der Waals surface area contributed by atoms with Gasteiger partial charge in [-0.3, -0.25) is 22.8 Å². The Morgan fingerprint density at radius 1 is 0.854 bits per heavy atom. The summed E-state index contributed by atoms with van der Waals surface area (Å²) in [5, 5.41) is 3.53. The quantitative estimate of drug-likeness (QED) is 0.113. The summed E-state index contributed by atoms with van der Waals surface area (Å²) in [6.45, 7) is 0. The van der Waals surface area contributed by atoms with Crippen LogP contribution in [-0.2, 0) is 17.2 Å². The van der Waals surface area contributed by atoms with E-state index < -0.39 is 26.4 Å². The molecule has 0 saturated carbocycles. The van der Waals surface area contributed by atoms with Gasteiger partial charge in [0.25, 0.3) is 5.56 Å². The molecular weight excluding hydrogens is 562 g/mol. The molecule has 1 aromatic heterocycles. The maximum absolute atomic E-state index is 13.9. The average molecular weight is 581 g/mol. The first-order valence-corrected chi connectivity index (χ1v) is 13.3. The van der Waals surface area contributed by atoms with Crippen molar-refractivity contribution in [1.82, 2.24) is 4.57 Å². The largest absolute Gasteiger partial charge is 1.00 e. The van der Waals surface area contributed by atoms with Gasteiger partial charge in [-0.2, -0.15) is 18.2 Å². The molecule has 0 unspecified atom stereocenters. The van der Waals surface area contributed by atoms with Crippen LogP contribution in [0.3, 0.4) is 0 Å². The minimum absolute atomic E-state index is 0. The van der Waals surface area contributed by atoms with Crippen molar-refractivity contribution in [3.63, 3.8) is 0 Å². The van der Waals surface area contributed by atoms with Gasteiger partial charge in [-0.05, 0) is 17.7 Å². The summed E-state index contributed by atoms with van der Waals surface area (Å²) >= 11 is 0. The third kappa shape index (κ3) is 5.29. The summed E-state index contributed by atoms with van der Waals surface area (Å²) in [5.74, 6) is -0.758. The molecule has 0 spiro atoms. The van der Waals surface area contributed by atoms with Crippen LogP contribution in [-0.4, -0.2) is 29.1 Å². The predicted molar refractivity (Wildman–Crippen MR) is 144 cm³/mol. The van der Waals surface area contributed by atoms with E-state index in [1.165, 1.54) is 10.6 Å². The molecule has 192 valence electrons. The number of aryl methyl sites for hydroxylation is 1. The minimum atomic E-state index is -4.64. The fourth-order valence-corrected chi connectivity index (χ4v) is 5.45. The number of aromatic nitrogens is 1. The van der Waals surface area contributed by atoms with Gasteiger partial charge < -0.3 is 14.4 Å². The molecule has 4 aromatic carbocycles. The molecule has 0 bridgehead atoms. The van der Waals surface area contributed by atoms with Crippen LogP contribution in [0, 0.1) is 6.07 Å². The molecule has 0 atom stereocenters. The normalized spacial score (nSPS) is 11.7. The van der Waals surface area contributed by atoms with Crippen molar-refractivity contribution < 1.29 is 81.7 Å². The SMILES string of the molecule is Cn1c(=O)c(C(=O)c2ccccc2)c2c3c(c(Nc4[c-]cc(S(=O)(=O)[O-])cc4)ccc31)C(=O)c1ccccc1-2.[Na+].[Na+]. The van der Waals surface area contributed by atoms with Crippen molar-refractivity contribution in [3.05, 3.63) is 124 Å². The van der Waals surface area contributed by atoms with Crippen molar-refractivity contribution in [2.45, 2.75) is 4.90 Å². The van der Waals surface area contributed by atoms with E-state index in [1.807, 2.05) is 0 Å². The third-order valence-electron chi connectivity index (χ3n) is 6.84. The van der Waals surface area contributed by atoms with Gasteiger partial charge in [0, 0.05) is 34.8 Å². The van der Waals surface area contributed by atoms with Gasteiger partial charge in [0.05, 0.1) is 26.8 Å². The number of ketones is 2. The molecule has 8 nitrogen and oxygen atoms in total. The van der Waals surface area contributed by atoms with E-state index in [0.717, 1.165) is 12.1 Å². The van der Waals surface area contributed by atoms with Gasteiger partial charge in [-0.1, -0.05) is 65.2 Å². The molecule has 41 heavy (non-hydrogen) atoms. The second kappa shape index (κ2) is 11.8. The Kier molecular flexibility index (Phi) is 8.94. The number of hydrogen-bond acceptors (Lipinski definition) is 7. The summed E-state index contributed by atoms with van der Waals surface area (Å²) in [6.07, 6.45) is 0. The van der Waals surface area contributed by atoms with Crippen molar-refractivity contribution in [2.24, 2.45) is 7.05 Å². The summed E-state index contributed by atoms with van der Waals surface area (Å²) in [7, 11) is -3.09. The van der Waals surface area contributed by atoms with E-state index in [4.69, 9.17) is 0 Å². The molecule has 6 rings (SSSR count). The standard InChI is InChI=1S/C30H19N2O6S.2Na/c1-32-23-16-15-22(31-18-11-13-19(14-12-18)39(36,37)38)25-26(23)24(20-9-5-6-10-21(20)29(25)34)27(30(32)35)28(33)17-7-3-2-4-8-17;;/h2-11,13-16,31H,1H3,(H,36,37,38);;/q-1;2*+1/p-1. The van der Waals surface area contributed by atoms with E-state index in [9.17, 15) is 27.4 Å². The molecular formula is C30H18N2Na2O6S. The van der Waals surface area contributed by atoms with Gasteiger partial charge in [0.1, 0.15) is 0 Å². The number of fused-ring (bicyclic) bond motifs is 2. The second-order valence-corrected chi connectivity index (χ2v) is 10.5. The smallest absolute Gasteiger partial charge is 0.754 e. The van der Waals surface area contributed by atoms with Gasteiger partial charge in [-0.25, -0.2) is 0 Å². The minimum Gasteiger partial charge on any atom is -0.754 e. The fraction of sp³-hybridized carbons (Fsp3) is 0.0333. The second-order valence-electron chi connectivity index (χ2n) is 9.08. The molecule has 0 radical (unpaired) electrons. The zero-order valence-electron chi connectivity index (χ0n) is 22.4. The molecule has 1 aliphatic carbocycles. The Bertz CT molecular complexity index is 2020. The maximum Gasteiger partial charge on any atom is 1.00 e. The molecule has 1 N–H and O–H groups in total. The average Bonchev–Trinajstić information content (AvgIpc) is 2.94. The number of hydrogen-bond donors (Lipinski definition) is 1. The number of nitrogens with one attached hydrogen (secondary N) is 1. The van der Waals surface area contributed by atoms with Crippen LogP contribution in [0.5, 0.6) is 0 Å².